The first-order valence-corrected chi connectivity index (χ1v) is 7.35. The minimum atomic E-state index is -0.506. The van der Waals surface area contributed by atoms with Gasteiger partial charge in [0.05, 0.1) is 10.0 Å². The summed E-state index contributed by atoms with van der Waals surface area (Å²) in [6, 6.07) is 11.7. The highest BCUT2D eigenvalue weighted by Crippen LogP contribution is 2.26. The second-order valence-corrected chi connectivity index (χ2v) is 5.49. The third kappa shape index (κ3) is 4.23. The summed E-state index contributed by atoms with van der Waals surface area (Å²) in [4.78, 5) is 22.9. The predicted octanol–water partition coefficient (Wildman–Crippen LogP) is 3.66. The third-order valence-corrected chi connectivity index (χ3v) is 3.96. The number of primary amides is 1. The highest BCUT2D eigenvalue weighted by atomic mass is 35.5. The fourth-order valence-electron chi connectivity index (χ4n) is 1.93. The molecule has 2 aromatic carbocycles. The molecule has 3 N–H and O–H groups in total. The molecular formula is C16H14Cl2N2O2. The molecule has 0 aliphatic heterocycles. The maximum absolute atomic E-state index is 11.9. The average Bonchev–Trinajstić information content (AvgIpc) is 2.49. The van der Waals surface area contributed by atoms with E-state index in [0.29, 0.717) is 27.7 Å². The van der Waals surface area contributed by atoms with E-state index in [0.717, 1.165) is 5.56 Å². The number of aryl methyl sites for hydroxylation is 1. The first-order chi connectivity index (χ1) is 10.5. The standard InChI is InChI=1S/C16H14Cl2N2O2/c17-13-3-1-2-10(15(13)18)6-9-14(21)20-12-7-4-11(5-8-12)16(19)22/h1-5,7-8H,6,9H2,(H2,19,22)(H,20,21). The number of carbonyl (C=O) groups is 2. The van der Waals surface area contributed by atoms with E-state index in [-0.39, 0.29) is 12.3 Å². The van der Waals surface area contributed by atoms with E-state index in [1.54, 1.807) is 36.4 Å². The van der Waals surface area contributed by atoms with Crippen LogP contribution < -0.4 is 11.1 Å². The van der Waals surface area contributed by atoms with Gasteiger partial charge < -0.3 is 11.1 Å². The zero-order valence-electron chi connectivity index (χ0n) is 11.6. The Bertz CT molecular complexity index is 700. The molecule has 4 nitrogen and oxygen atoms in total. The minimum Gasteiger partial charge on any atom is -0.366 e. The molecule has 0 radical (unpaired) electrons. The zero-order valence-corrected chi connectivity index (χ0v) is 13.1. The van der Waals surface area contributed by atoms with Crippen molar-refractivity contribution in [3.8, 4) is 0 Å². The molecule has 6 heteroatoms. The fraction of sp³-hybridized carbons (Fsp3) is 0.125. The molecule has 0 aliphatic carbocycles. The lowest BCUT2D eigenvalue weighted by atomic mass is 10.1. The molecule has 2 amide bonds. The number of hydrogen-bond donors (Lipinski definition) is 2. The van der Waals surface area contributed by atoms with Gasteiger partial charge in [-0.05, 0) is 42.3 Å². The Morgan fingerprint density at radius 2 is 1.73 bits per heavy atom. The van der Waals surface area contributed by atoms with Crippen molar-refractivity contribution in [2.45, 2.75) is 12.8 Å². The minimum absolute atomic E-state index is 0.150. The third-order valence-electron chi connectivity index (χ3n) is 3.11. The lowest BCUT2D eigenvalue weighted by molar-refractivity contribution is -0.116. The van der Waals surface area contributed by atoms with Crippen LogP contribution in [0.15, 0.2) is 42.5 Å². The van der Waals surface area contributed by atoms with E-state index in [4.69, 9.17) is 28.9 Å². The Balaban J connectivity index is 1.93. The Kier molecular flexibility index (Phi) is 5.41. The van der Waals surface area contributed by atoms with Crippen LogP contribution in [0, 0.1) is 0 Å². The van der Waals surface area contributed by atoms with E-state index >= 15 is 0 Å². The summed E-state index contributed by atoms with van der Waals surface area (Å²) in [5.74, 6) is -0.656. The predicted molar refractivity (Wildman–Crippen MR) is 88.4 cm³/mol. The maximum Gasteiger partial charge on any atom is 0.248 e. The first-order valence-electron chi connectivity index (χ1n) is 6.60. The molecule has 2 rings (SSSR count). The molecule has 114 valence electrons. The van der Waals surface area contributed by atoms with Gasteiger partial charge in [0.2, 0.25) is 11.8 Å². The van der Waals surface area contributed by atoms with E-state index in [9.17, 15) is 9.59 Å². The molecule has 0 heterocycles. The Hall–Kier alpha value is -2.04. The molecule has 0 saturated heterocycles. The van der Waals surface area contributed by atoms with Gasteiger partial charge in [0.1, 0.15) is 0 Å². The molecule has 0 atom stereocenters. The number of anilines is 1. The first kappa shape index (κ1) is 16.3. The van der Waals surface area contributed by atoms with Crippen LogP contribution in [0.3, 0.4) is 0 Å². The van der Waals surface area contributed by atoms with E-state index in [2.05, 4.69) is 5.32 Å². The quantitative estimate of drug-likeness (QED) is 0.874. The van der Waals surface area contributed by atoms with Crippen molar-refractivity contribution in [3.05, 3.63) is 63.6 Å². The van der Waals surface area contributed by atoms with Gasteiger partial charge in [0, 0.05) is 17.7 Å². The van der Waals surface area contributed by atoms with Gasteiger partial charge in [0.25, 0.3) is 0 Å². The number of nitrogens with one attached hydrogen (secondary N) is 1. The molecule has 0 fully saturated rings. The largest absolute Gasteiger partial charge is 0.366 e. The number of benzene rings is 2. The summed E-state index contributed by atoms with van der Waals surface area (Å²) in [5.41, 5.74) is 6.98. The van der Waals surface area contributed by atoms with Crippen LogP contribution in [-0.4, -0.2) is 11.8 Å². The smallest absolute Gasteiger partial charge is 0.248 e. The second kappa shape index (κ2) is 7.29. The van der Waals surface area contributed by atoms with Gasteiger partial charge in [-0.25, -0.2) is 0 Å². The number of nitrogens with two attached hydrogens (primary N) is 1. The van der Waals surface area contributed by atoms with Gasteiger partial charge >= 0.3 is 0 Å². The van der Waals surface area contributed by atoms with Crippen LogP contribution in [0.1, 0.15) is 22.3 Å². The number of rotatable bonds is 5. The monoisotopic (exact) mass is 336 g/mol. The molecule has 0 aromatic heterocycles. The summed E-state index contributed by atoms with van der Waals surface area (Å²) in [6.45, 7) is 0. The van der Waals surface area contributed by atoms with Crippen LogP contribution in [0.25, 0.3) is 0 Å². The van der Waals surface area contributed by atoms with Crippen LogP contribution >= 0.6 is 23.2 Å². The van der Waals surface area contributed by atoms with Crippen LogP contribution in [0.4, 0.5) is 5.69 Å². The number of carbonyl (C=O) groups excluding carboxylic acids is 2. The summed E-state index contributed by atoms with van der Waals surface area (Å²) < 4.78 is 0. The van der Waals surface area contributed by atoms with Gasteiger partial charge in [0.15, 0.2) is 0 Å². The average molecular weight is 337 g/mol. The summed E-state index contributed by atoms with van der Waals surface area (Å²) in [7, 11) is 0. The van der Waals surface area contributed by atoms with E-state index < -0.39 is 5.91 Å². The Morgan fingerprint density at radius 1 is 1.05 bits per heavy atom. The SMILES string of the molecule is NC(=O)c1ccc(NC(=O)CCc2cccc(Cl)c2Cl)cc1. The molecule has 22 heavy (non-hydrogen) atoms. The molecule has 0 spiro atoms. The highest BCUT2D eigenvalue weighted by molar-refractivity contribution is 6.42. The molecule has 0 bridgehead atoms. The van der Waals surface area contributed by atoms with Crippen molar-refractivity contribution >= 4 is 40.7 Å². The second-order valence-electron chi connectivity index (χ2n) is 4.70. The van der Waals surface area contributed by atoms with E-state index in [1.165, 1.54) is 0 Å². The summed E-state index contributed by atoms with van der Waals surface area (Å²) >= 11 is 12.0. The van der Waals surface area contributed by atoms with E-state index in [1.807, 2.05) is 6.07 Å². The van der Waals surface area contributed by atoms with Crippen molar-refractivity contribution in [3.63, 3.8) is 0 Å². The number of halogens is 2. The zero-order chi connectivity index (χ0) is 16.1. The fourth-order valence-corrected chi connectivity index (χ4v) is 2.35. The van der Waals surface area contributed by atoms with Gasteiger partial charge in [-0.3, -0.25) is 9.59 Å². The lowest BCUT2D eigenvalue weighted by Gasteiger charge is -2.07. The molecule has 2 aromatic rings. The topological polar surface area (TPSA) is 72.2 Å². The maximum atomic E-state index is 11.9. The summed E-state index contributed by atoms with van der Waals surface area (Å²) in [6.07, 6.45) is 0.766. The molecule has 0 unspecified atom stereocenters. The van der Waals surface area contributed by atoms with Gasteiger partial charge in [-0.15, -0.1) is 0 Å². The Morgan fingerprint density at radius 3 is 2.36 bits per heavy atom. The molecular weight excluding hydrogens is 323 g/mol. The van der Waals surface area contributed by atoms with Gasteiger partial charge in [-0.1, -0.05) is 35.3 Å². The van der Waals surface area contributed by atoms with Crippen molar-refractivity contribution < 1.29 is 9.59 Å². The van der Waals surface area contributed by atoms with Gasteiger partial charge in [-0.2, -0.15) is 0 Å². The van der Waals surface area contributed by atoms with Crippen molar-refractivity contribution in [2.75, 3.05) is 5.32 Å². The van der Waals surface area contributed by atoms with Crippen molar-refractivity contribution in [1.82, 2.24) is 0 Å². The van der Waals surface area contributed by atoms with Crippen LogP contribution in [-0.2, 0) is 11.2 Å². The normalized spacial score (nSPS) is 10.3. The molecule has 0 aliphatic rings. The summed E-state index contributed by atoms with van der Waals surface area (Å²) in [5, 5.41) is 3.69. The van der Waals surface area contributed by atoms with Crippen molar-refractivity contribution in [2.24, 2.45) is 5.73 Å². The highest BCUT2D eigenvalue weighted by Gasteiger charge is 2.08. The molecule has 0 saturated carbocycles. The lowest BCUT2D eigenvalue weighted by Crippen LogP contribution is -2.13. The number of hydrogen-bond acceptors (Lipinski definition) is 2. The number of amides is 2. The Labute approximate surface area is 138 Å². The van der Waals surface area contributed by atoms with Crippen LogP contribution in [0.5, 0.6) is 0 Å². The van der Waals surface area contributed by atoms with Crippen molar-refractivity contribution in [1.29, 1.82) is 0 Å². The van der Waals surface area contributed by atoms with Crippen LogP contribution in [0.2, 0.25) is 10.0 Å².